The van der Waals surface area contributed by atoms with Crippen molar-refractivity contribution in [2.45, 2.75) is 19.4 Å². The minimum atomic E-state index is -0.376. The van der Waals surface area contributed by atoms with Gasteiger partial charge in [-0.15, -0.1) is 5.10 Å². The van der Waals surface area contributed by atoms with Crippen LogP contribution in [0.2, 0.25) is 0 Å². The number of nitrogens with zero attached hydrogens (tertiary/aromatic N) is 3. The Balaban J connectivity index is 1.53. The molecule has 4 aromatic rings. The van der Waals surface area contributed by atoms with E-state index in [1.54, 1.807) is 7.11 Å². The number of benzene rings is 2. The Hall–Kier alpha value is -4.38. The molecule has 2 aromatic heterocycles. The van der Waals surface area contributed by atoms with Gasteiger partial charge in [0.15, 0.2) is 11.5 Å². The highest BCUT2D eigenvalue weighted by Gasteiger charge is 2.35. The number of fused-ring (bicyclic) bond motifs is 2. The summed E-state index contributed by atoms with van der Waals surface area (Å²) in [5, 5.41) is 18.1. The number of aromatic nitrogens is 3. The van der Waals surface area contributed by atoms with Gasteiger partial charge in [-0.1, -0.05) is 30.3 Å². The molecule has 0 spiro atoms. The van der Waals surface area contributed by atoms with Gasteiger partial charge in [-0.3, -0.25) is 5.10 Å². The zero-order valence-electron chi connectivity index (χ0n) is 18.3. The highest BCUT2D eigenvalue weighted by Crippen LogP contribution is 2.45. The number of rotatable bonds is 6. The molecule has 0 fully saturated rings. The number of para-hydroxylation sites is 3. The predicted octanol–water partition coefficient (Wildman–Crippen LogP) is 3.98. The lowest BCUT2D eigenvalue weighted by Gasteiger charge is -2.23. The minimum Gasteiger partial charge on any atom is -0.493 e. The van der Waals surface area contributed by atoms with E-state index in [0.29, 0.717) is 36.1 Å². The summed E-state index contributed by atoms with van der Waals surface area (Å²) in [5.74, 6) is 1.50. The van der Waals surface area contributed by atoms with Crippen LogP contribution in [-0.2, 0) is 6.54 Å². The molecule has 1 aliphatic rings. The fourth-order valence-electron chi connectivity index (χ4n) is 4.39. The first kappa shape index (κ1) is 20.5. The molecule has 1 unspecified atom stereocenters. The van der Waals surface area contributed by atoms with Gasteiger partial charge in [0, 0.05) is 28.4 Å². The summed E-state index contributed by atoms with van der Waals surface area (Å²) >= 11 is 0. The van der Waals surface area contributed by atoms with Gasteiger partial charge in [-0.2, -0.15) is 5.26 Å². The molecule has 0 saturated heterocycles. The van der Waals surface area contributed by atoms with E-state index in [-0.39, 0.29) is 11.8 Å². The molecule has 3 N–H and O–H groups in total. The molecule has 3 heterocycles. The third kappa shape index (κ3) is 3.44. The summed E-state index contributed by atoms with van der Waals surface area (Å²) in [4.78, 5) is 0. The van der Waals surface area contributed by atoms with Crippen LogP contribution in [0.25, 0.3) is 10.9 Å². The van der Waals surface area contributed by atoms with Crippen molar-refractivity contribution in [2.24, 2.45) is 5.73 Å². The molecule has 0 aliphatic carbocycles. The van der Waals surface area contributed by atoms with E-state index in [2.05, 4.69) is 39.2 Å². The first-order chi connectivity index (χ1) is 16.1. The number of aromatic amines is 1. The topological polar surface area (TPSA) is 111 Å². The molecular formula is C25H23N5O3. The van der Waals surface area contributed by atoms with Crippen LogP contribution < -0.4 is 19.9 Å². The van der Waals surface area contributed by atoms with Gasteiger partial charge in [0.2, 0.25) is 11.8 Å². The van der Waals surface area contributed by atoms with E-state index in [1.165, 1.54) is 0 Å². The molecule has 8 heteroatoms. The quantitative estimate of drug-likeness (QED) is 0.468. The highest BCUT2D eigenvalue weighted by atomic mass is 16.5. The Morgan fingerprint density at radius 1 is 1.18 bits per heavy atom. The lowest BCUT2D eigenvalue weighted by Crippen LogP contribution is -2.21. The Kier molecular flexibility index (Phi) is 5.15. The van der Waals surface area contributed by atoms with Crippen molar-refractivity contribution in [1.29, 1.82) is 5.26 Å². The van der Waals surface area contributed by atoms with Crippen LogP contribution in [0.3, 0.4) is 0 Å². The van der Waals surface area contributed by atoms with Gasteiger partial charge in [0.25, 0.3) is 0 Å². The van der Waals surface area contributed by atoms with Crippen LogP contribution in [-0.4, -0.2) is 28.5 Å². The molecule has 0 amide bonds. The Labute approximate surface area is 190 Å². The molecule has 1 atom stereocenters. The predicted molar refractivity (Wildman–Crippen MR) is 123 cm³/mol. The van der Waals surface area contributed by atoms with Gasteiger partial charge >= 0.3 is 0 Å². The largest absolute Gasteiger partial charge is 0.493 e. The van der Waals surface area contributed by atoms with Gasteiger partial charge in [0.05, 0.1) is 19.6 Å². The van der Waals surface area contributed by atoms with E-state index >= 15 is 0 Å². The summed E-state index contributed by atoms with van der Waals surface area (Å²) < 4.78 is 19.1. The average molecular weight is 441 g/mol. The maximum absolute atomic E-state index is 9.91. The number of nitrogens with two attached hydrogens (primary N) is 1. The molecule has 2 aromatic carbocycles. The molecule has 8 nitrogen and oxygen atoms in total. The molecule has 33 heavy (non-hydrogen) atoms. The fourth-order valence-corrected chi connectivity index (χ4v) is 4.39. The zero-order chi connectivity index (χ0) is 22.9. The normalized spacial score (nSPS) is 15.1. The van der Waals surface area contributed by atoms with Gasteiger partial charge in [-0.25, -0.2) is 0 Å². The van der Waals surface area contributed by atoms with Crippen LogP contribution in [0.5, 0.6) is 17.4 Å². The first-order valence-electron chi connectivity index (χ1n) is 10.6. The number of nitriles is 1. The second kappa shape index (κ2) is 8.28. The third-order valence-electron chi connectivity index (χ3n) is 5.92. The SMILES string of the molecule is COc1ccccc1OCCn1cc(C2C(C#N)=C(N)Oc3n[nH]c(C)c32)c2ccccc21. The van der Waals surface area contributed by atoms with E-state index in [1.807, 2.05) is 43.3 Å². The molecule has 166 valence electrons. The number of ether oxygens (including phenoxy) is 3. The van der Waals surface area contributed by atoms with Crippen molar-refractivity contribution >= 4 is 10.9 Å². The fraction of sp³-hybridized carbons (Fsp3) is 0.200. The summed E-state index contributed by atoms with van der Waals surface area (Å²) in [6.45, 7) is 2.98. The maximum Gasteiger partial charge on any atom is 0.244 e. The van der Waals surface area contributed by atoms with Crippen LogP contribution in [0.15, 0.2) is 66.2 Å². The monoisotopic (exact) mass is 441 g/mol. The Morgan fingerprint density at radius 2 is 1.94 bits per heavy atom. The van der Waals surface area contributed by atoms with Crippen LogP contribution >= 0.6 is 0 Å². The van der Waals surface area contributed by atoms with Gasteiger partial charge < -0.3 is 24.5 Å². The Bertz CT molecular complexity index is 1410. The smallest absolute Gasteiger partial charge is 0.244 e. The lowest BCUT2D eigenvalue weighted by molar-refractivity contribution is 0.281. The molecule has 0 radical (unpaired) electrons. The van der Waals surface area contributed by atoms with Gasteiger partial charge in [-0.05, 0) is 30.7 Å². The summed E-state index contributed by atoms with van der Waals surface area (Å²) in [5.41, 5.74) is 10.2. The molecule has 0 bridgehead atoms. The lowest BCUT2D eigenvalue weighted by atomic mass is 9.84. The molecule has 1 aliphatic heterocycles. The molecule has 0 saturated carbocycles. The van der Waals surface area contributed by atoms with Crippen molar-refractivity contribution < 1.29 is 14.2 Å². The first-order valence-corrected chi connectivity index (χ1v) is 10.6. The van der Waals surface area contributed by atoms with Crippen molar-refractivity contribution in [3.05, 3.63) is 83.0 Å². The number of allylic oxidation sites excluding steroid dienone is 1. The van der Waals surface area contributed by atoms with Crippen molar-refractivity contribution in [2.75, 3.05) is 13.7 Å². The van der Waals surface area contributed by atoms with E-state index < -0.39 is 0 Å². The second-order valence-corrected chi connectivity index (χ2v) is 7.79. The van der Waals surface area contributed by atoms with E-state index in [9.17, 15) is 5.26 Å². The summed E-state index contributed by atoms with van der Waals surface area (Å²) in [6, 6.07) is 17.9. The number of hydrogen-bond donors (Lipinski definition) is 2. The minimum absolute atomic E-state index is 0.0813. The number of methoxy groups -OCH3 is 1. The van der Waals surface area contributed by atoms with Crippen LogP contribution in [0.1, 0.15) is 22.7 Å². The number of aryl methyl sites for hydroxylation is 1. The number of nitrogens with one attached hydrogen (secondary N) is 1. The summed E-state index contributed by atoms with van der Waals surface area (Å²) in [6.07, 6.45) is 2.06. The molecule has 5 rings (SSSR count). The summed E-state index contributed by atoms with van der Waals surface area (Å²) in [7, 11) is 1.62. The molecular weight excluding hydrogens is 418 g/mol. The third-order valence-corrected chi connectivity index (χ3v) is 5.92. The highest BCUT2D eigenvalue weighted by molar-refractivity contribution is 5.86. The Morgan fingerprint density at radius 3 is 2.73 bits per heavy atom. The van der Waals surface area contributed by atoms with Crippen molar-refractivity contribution in [3.63, 3.8) is 0 Å². The van der Waals surface area contributed by atoms with Crippen molar-refractivity contribution in [3.8, 4) is 23.4 Å². The van der Waals surface area contributed by atoms with E-state index in [0.717, 1.165) is 27.7 Å². The number of hydrogen-bond acceptors (Lipinski definition) is 6. The second-order valence-electron chi connectivity index (χ2n) is 7.79. The van der Waals surface area contributed by atoms with E-state index in [4.69, 9.17) is 19.9 Å². The average Bonchev–Trinajstić information content (AvgIpc) is 3.39. The van der Waals surface area contributed by atoms with Crippen LogP contribution in [0, 0.1) is 18.3 Å². The zero-order valence-corrected chi connectivity index (χ0v) is 18.3. The standard InChI is InChI=1S/C25H23N5O3/c1-15-22-23(17(13-26)24(27)33-25(22)29-28-15)18-14-30(19-8-4-3-7-16(18)19)11-12-32-21-10-6-5-9-20(21)31-2/h3-10,14,23H,11-12,27H2,1-2H3,(H,28,29). The van der Waals surface area contributed by atoms with Crippen molar-refractivity contribution in [1.82, 2.24) is 14.8 Å². The number of H-pyrrole nitrogens is 1. The maximum atomic E-state index is 9.91. The van der Waals surface area contributed by atoms with Crippen LogP contribution in [0.4, 0.5) is 0 Å². The van der Waals surface area contributed by atoms with Gasteiger partial charge in [0.1, 0.15) is 18.2 Å².